The Bertz CT molecular complexity index is 475. The zero-order chi connectivity index (χ0) is 15.6. The molecule has 1 aromatic carbocycles. The van der Waals surface area contributed by atoms with E-state index >= 15 is 0 Å². The van der Waals surface area contributed by atoms with Gasteiger partial charge in [0.25, 0.3) is 0 Å². The SMILES string of the molecule is Cc1cc(C)c(C(C)NC2CCCCC2C(C)C)cc1C. The summed E-state index contributed by atoms with van der Waals surface area (Å²) >= 11 is 0. The van der Waals surface area contributed by atoms with Gasteiger partial charge in [0.1, 0.15) is 0 Å². The van der Waals surface area contributed by atoms with Gasteiger partial charge in [0.05, 0.1) is 0 Å². The Kier molecular flexibility index (Phi) is 5.48. The molecule has 118 valence electrons. The number of benzene rings is 1. The molecule has 0 spiro atoms. The third kappa shape index (κ3) is 3.88. The summed E-state index contributed by atoms with van der Waals surface area (Å²) in [6, 6.07) is 5.86. The van der Waals surface area contributed by atoms with Gasteiger partial charge in [-0.05, 0) is 74.6 Å². The van der Waals surface area contributed by atoms with Crippen LogP contribution < -0.4 is 5.32 Å². The molecule has 1 saturated carbocycles. The average molecular weight is 287 g/mol. The van der Waals surface area contributed by atoms with Crippen LogP contribution in [-0.4, -0.2) is 6.04 Å². The highest BCUT2D eigenvalue weighted by Crippen LogP contribution is 2.32. The topological polar surface area (TPSA) is 12.0 Å². The van der Waals surface area contributed by atoms with Gasteiger partial charge in [0, 0.05) is 12.1 Å². The fourth-order valence-corrected chi connectivity index (χ4v) is 4.02. The van der Waals surface area contributed by atoms with E-state index in [1.165, 1.54) is 47.9 Å². The number of nitrogens with one attached hydrogen (secondary N) is 1. The van der Waals surface area contributed by atoms with Gasteiger partial charge in [0.15, 0.2) is 0 Å². The summed E-state index contributed by atoms with van der Waals surface area (Å²) in [6.07, 6.45) is 5.54. The van der Waals surface area contributed by atoms with Gasteiger partial charge in [-0.2, -0.15) is 0 Å². The molecule has 0 aromatic heterocycles. The van der Waals surface area contributed by atoms with Crippen LogP contribution in [0.2, 0.25) is 0 Å². The van der Waals surface area contributed by atoms with E-state index < -0.39 is 0 Å². The Morgan fingerprint density at radius 2 is 1.52 bits per heavy atom. The van der Waals surface area contributed by atoms with E-state index in [2.05, 4.69) is 59.0 Å². The number of hydrogen-bond donors (Lipinski definition) is 1. The molecule has 3 unspecified atom stereocenters. The van der Waals surface area contributed by atoms with Crippen molar-refractivity contribution in [2.24, 2.45) is 11.8 Å². The molecule has 1 heteroatoms. The van der Waals surface area contributed by atoms with Crippen LogP contribution in [0.25, 0.3) is 0 Å². The van der Waals surface area contributed by atoms with Crippen molar-refractivity contribution in [3.63, 3.8) is 0 Å². The smallest absolute Gasteiger partial charge is 0.0297 e. The molecule has 1 aromatic rings. The first-order chi connectivity index (χ1) is 9.90. The average Bonchev–Trinajstić information content (AvgIpc) is 2.43. The Labute approximate surface area is 131 Å². The van der Waals surface area contributed by atoms with E-state index in [0.29, 0.717) is 12.1 Å². The minimum atomic E-state index is 0.452. The molecule has 0 aliphatic heterocycles. The Morgan fingerprint density at radius 3 is 2.19 bits per heavy atom. The molecule has 3 atom stereocenters. The summed E-state index contributed by atoms with van der Waals surface area (Å²) in [4.78, 5) is 0. The monoisotopic (exact) mass is 287 g/mol. The van der Waals surface area contributed by atoms with Crippen LogP contribution >= 0.6 is 0 Å². The van der Waals surface area contributed by atoms with Gasteiger partial charge in [-0.1, -0.05) is 38.8 Å². The van der Waals surface area contributed by atoms with Gasteiger partial charge in [-0.15, -0.1) is 0 Å². The zero-order valence-electron chi connectivity index (χ0n) is 14.8. The van der Waals surface area contributed by atoms with Crippen molar-refractivity contribution in [3.8, 4) is 0 Å². The standard InChI is InChI=1S/C20H33N/c1-13(2)18-9-7-8-10-20(18)21-17(6)19-12-15(4)14(3)11-16(19)5/h11-13,17-18,20-21H,7-10H2,1-6H3. The first kappa shape index (κ1) is 16.5. The Hall–Kier alpha value is -0.820. The maximum absolute atomic E-state index is 3.95. The molecule has 21 heavy (non-hydrogen) atoms. The molecule has 0 amide bonds. The fraction of sp³-hybridized carbons (Fsp3) is 0.700. The number of hydrogen-bond acceptors (Lipinski definition) is 1. The van der Waals surface area contributed by atoms with Gasteiger partial charge in [-0.25, -0.2) is 0 Å². The van der Waals surface area contributed by atoms with E-state index in [9.17, 15) is 0 Å². The second-order valence-electron chi connectivity index (χ2n) is 7.48. The normalized spacial score (nSPS) is 24.3. The summed E-state index contributed by atoms with van der Waals surface area (Å²) < 4.78 is 0. The summed E-state index contributed by atoms with van der Waals surface area (Å²) in [6.45, 7) is 13.8. The van der Waals surface area contributed by atoms with Crippen molar-refractivity contribution in [3.05, 3.63) is 34.4 Å². The molecular weight excluding hydrogens is 254 g/mol. The molecule has 1 N–H and O–H groups in total. The molecule has 0 radical (unpaired) electrons. The van der Waals surface area contributed by atoms with Crippen molar-refractivity contribution in [1.82, 2.24) is 5.32 Å². The van der Waals surface area contributed by atoms with Crippen molar-refractivity contribution >= 4 is 0 Å². The van der Waals surface area contributed by atoms with E-state index in [1.54, 1.807) is 0 Å². The fourth-order valence-electron chi connectivity index (χ4n) is 4.02. The van der Waals surface area contributed by atoms with Gasteiger partial charge in [-0.3, -0.25) is 0 Å². The van der Waals surface area contributed by atoms with E-state index in [0.717, 1.165) is 11.8 Å². The lowest BCUT2D eigenvalue weighted by atomic mass is 9.77. The summed E-state index contributed by atoms with van der Waals surface area (Å²) in [5.74, 6) is 1.63. The molecule has 1 fully saturated rings. The predicted octanol–water partition coefficient (Wildman–Crippen LogP) is 5.48. The molecule has 2 rings (SSSR count). The quantitative estimate of drug-likeness (QED) is 0.773. The summed E-state index contributed by atoms with van der Waals surface area (Å²) in [5.41, 5.74) is 5.72. The van der Waals surface area contributed by atoms with Crippen LogP contribution in [0.5, 0.6) is 0 Å². The first-order valence-electron chi connectivity index (χ1n) is 8.74. The van der Waals surface area contributed by atoms with Crippen LogP contribution in [0.3, 0.4) is 0 Å². The summed E-state index contributed by atoms with van der Waals surface area (Å²) in [7, 11) is 0. The minimum absolute atomic E-state index is 0.452. The van der Waals surface area contributed by atoms with Gasteiger partial charge in [0.2, 0.25) is 0 Å². The van der Waals surface area contributed by atoms with Crippen molar-refractivity contribution in [2.75, 3.05) is 0 Å². The summed E-state index contributed by atoms with van der Waals surface area (Å²) in [5, 5.41) is 3.95. The number of aryl methyl sites for hydroxylation is 3. The lowest BCUT2D eigenvalue weighted by Gasteiger charge is -2.37. The Morgan fingerprint density at radius 1 is 0.905 bits per heavy atom. The number of rotatable bonds is 4. The van der Waals surface area contributed by atoms with E-state index in [1.807, 2.05) is 0 Å². The molecule has 1 aliphatic rings. The lowest BCUT2D eigenvalue weighted by molar-refractivity contribution is 0.194. The van der Waals surface area contributed by atoms with Gasteiger partial charge < -0.3 is 5.32 Å². The maximum atomic E-state index is 3.95. The highest BCUT2D eigenvalue weighted by molar-refractivity contribution is 5.38. The minimum Gasteiger partial charge on any atom is -0.307 e. The molecule has 0 heterocycles. The molecule has 1 aliphatic carbocycles. The third-order valence-electron chi connectivity index (χ3n) is 5.49. The van der Waals surface area contributed by atoms with E-state index in [4.69, 9.17) is 0 Å². The van der Waals surface area contributed by atoms with Crippen LogP contribution in [-0.2, 0) is 0 Å². The van der Waals surface area contributed by atoms with Crippen LogP contribution in [0.15, 0.2) is 12.1 Å². The van der Waals surface area contributed by atoms with Crippen molar-refractivity contribution in [2.45, 2.75) is 79.3 Å². The highest BCUT2D eigenvalue weighted by Gasteiger charge is 2.28. The molecule has 0 bridgehead atoms. The molecule has 1 nitrogen and oxygen atoms in total. The van der Waals surface area contributed by atoms with E-state index in [-0.39, 0.29) is 0 Å². The Balaban J connectivity index is 2.13. The molecular formula is C20H33N. The lowest BCUT2D eigenvalue weighted by Crippen LogP contribution is -2.42. The van der Waals surface area contributed by atoms with Crippen LogP contribution in [0.1, 0.15) is 74.8 Å². The predicted molar refractivity (Wildman–Crippen MR) is 92.8 cm³/mol. The van der Waals surface area contributed by atoms with Crippen LogP contribution in [0.4, 0.5) is 0 Å². The zero-order valence-corrected chi connectivity index (χ0v) is 14.8. The molecule has 0 saturated heterocycles. The maximum Gasteiger partial charge on any atom is 0.0297 e. The third-order valence-corrected chi connectivity index (χ3v) is 5.49. The van der Waals surface area contributed by atoms with Gasteiger partial charge >= 0.3 is 0 Å². The largest absolute Gasteiger partial charge is 0.307 e. The van der Waals surface area contributed by atoms with Crippen LogP contribution in [0, 0.1) is 32.6 Å². The second-order valence-corrected chi connectivity index (χ2v) is 7.48. The second kappa shape index (κ2) is 6.96. The first-order valence-corrected chi connectivity index (χ1v) is 8.74. The highest BCUT2D eigenvalue weighted by atomic mass is 15.0. The van der Waals surface area contributed by atoms with Crippen molar-refractivity contribution in [1.29, 1.82) is 0 Å². The van der Waals surface area contributed by atoms with Crippen molar-refractivity contribution < 1.29 is 0 Å².